The van der Waals surface area contributed by atoms with Crippen LogP contribution in [0.4, 0.5) is 0 Å². The fraction of sp³-hybridized carbons (Fsp3) is 1.00. The molecule has 0 aromatic heterocycles. The van der Waals surface area contributed by atoms with E-state index in [0.717, 1.165) is 26.3 Å². The first kappa shape index (κ1) is 13.9. The molecule has 1 atom stereocenters. The molecule has 1 unspecified atom stereocenters. The Morgan fingerprint density at radius 1 is 1.25 bits per heavy atom. The van der Waals surface area contributed by atoms with E-state index in [1.807, 2.05) is 0 Å². The molecule has 3 heteroatoms. The summed E-state index contributed by atoms with van der Waals surface area (Å²) in [6.07, 6.45) is 5.17. The van der Waals surface area contributed by atoms with Gasteiger partial charge in [-0.2, -0.15) is 0 Å². The fourth-order valence-corrected chi connectivity index (χ4v) is 2.26. The Morgan fingerprint density at radius 3 is 2.94 bits per heavy atom. The van der Waals surface area contributed by atoms with Crippen molar-refractivity contribution < 1.29 is 4.74 Å². The summed E-state index contributed by atoms with van der Waals surface area (Å²) >= 11 is 0. The van der Waals surface area contributed by atoms with Crippen molar-refractivity contribution in [3.63, 3.8) is 0 Å². The highest BCUT2D eigenvalue weighted by Gasteiger charge is 2.08. The molecule has 0 bridgehead atoms. The molecule has 3 nitrogen and oxygen atoms in total. The lowest BCUT2D eigenvalue weighted by atomic mass is 10.1. The third-order valence-electron chi connectivity index (χ3n) is 3.23. The van der Waals surface area contributed by atoms with Crippen LogP contribution in [0.25, 0.3) is 0 Å². The van der Waals surface area contributed by atoms with Gasteiger partial charge in [0.1, 0.15) is 0 Å². The van der Waals surface area contributed by atoms with Gasteiger partial charge in [-0.1, -0.05) is 13.3 Å². The number of unbranched alkanes of at least 4 members (excludes halogenated alkanes) is 1. The highest BCUT2D eigenvalue weighted by Crippen LogP contribution is 2.05. The van der Waals surface area contributed by atoms with E-state index >= 15 is 0 Å². The molecule has 1 heterocycles. The van der Waals surface area contributed by atoms with Crippen LogP contribution in [0, 0.1) is 0 Å². The fourth-order valence-electron chi connectivity index (χ4n) is 2.26. The smallest absolute Gasteiger partial charge is 0.0593 e. The third kappa shape index (κ3) is 6.46. The van der Waals surface area contributed by atoms with Gasteiger partial charge in [-0.25, -0.2) is 0 Å². The maximum atomic E-state index is 5.45. The highest BCUT2D eigenvalue weighted by atomic mass is 16.5. The van der Waals surface area contributed by atoms with Gasteiger partial charge in [-0.05, 0) is 39.3 Å². The number of ether oxygens (including phenoxy) is 1. The van der Waals surface area contributed by atoms with Crippen LogP contribution >= 0.6 is 0 Å². The third-order valence-corrected chi connectivity index (χ3v) is 3.23. The van der Waals surface area contributed by atoms with Gasteiger partial charge in [0, 0.05) is 25.7 Å². The first-order valence-electron chi connectivity index (χ1n) is 6.86. The Bertz CT molecular complexity index is 156. The van der Waals surface area contributed by atoms with Gasteiger partial charge < -0.3 is 15.0 Å². The molecule has 0 saturated carbocycles. The molecule has 1 fully saturated rings. The maximum absolute atomic E-state index is 5.45. The van der Waals surface area contributed by atoms with Gasteiger partial charge in [0.25, 0.3) is 0 Å². The summed E-state index contributed by atoms with van der Waals surface area (Å²) in [6.45, 7) is 11.0. The average molecular weight is 228 g/mol. The Kier molecular flexibility index (Phi) is 7.81. The molecule has 0 radical (unpaired) electrons. The number of hydrogen-bond donors (Lipinski definition) is 1. The van der Waals surface area contributed by atoms with Crippen molar-refractivity contribution in [2.75, 3.05) is 39.4 Å². The van der Waals surface area contributed by atoms with Crippen molar-refractivity contribution in [2.45, 2.75) is 45.6 Å². The predicted octanol–water partition coefficient (Wildman–Crippen LogP) is 1.88. The average Bonchev–Trinajstić information content (AvgIpc) is 2.53. The molecule has 96 valence electrons. The Labute approximate surface area is 101 Å². The molecule has 0 aliphatic carbocycles. The van der Waals surface area contributed by atoms with Gasteiger partial charge in [-0.15, -0.1) is 0 Å². The topological polar surface area (TPSA) is 24.5 Å². The van der Waals surface area contributed by atoms with Crippen molar-refractivity contribution in [1.82, 2.24) is 10.2 Å². The molecule has 16 heavy (non-hydrogen) atoms. The van der Waals surface area contributed by atoms with Gasteiger partial charge in [0.2, 0.25) is 0 Å². The van der Waals surface area contributed by atoms with Crippen LogP contribution in [0.5, 0.6) is 0 Å². The summed E-state index contributed by atoms with van der Waals surface area (Å²) in [6, 6.07) is 0.678. The molecule has 1 N–H and O–H groups in total. The van der Waals surface area contributed by atoms with Gasteiger partial charge in [-0.3, -0.25) is 0 Å². The molecular formula is C13H28N2O. The van der Waals surface area contributed by atoms with E-state index in [1.54, 1.807) is 0 Å². The van der Waals surface area contributed by atoms with E-state index in [9.17, 15) is 0 Å². The van der Waals surface area contributed by atoms with Crippen LogP contribution in [-0.4, -0.2) is 50.3 Å². The van der Waals surface area contributed by atoms with Crippen LogP contribution in [-0.2, 0) is 4.74 Å². The summed E-state index contributed by atoms with van der Waals surface area (Å²) in [7, 11) is 0. The van der Waals surface area contributed by atoms with E-state index in [1.165, 1.54) is 38.8 Å². The van der Waals surface area contributed by atoms with E-state index in [0.29, 0.717) is 6.04 Å². The minimum Gasteiger partial charge on any atom is -0.380 e. The zero-order valence-corrected chi connectivity index (χ0v) is 11.0. The van der Waals surface area contributed by atoms with Crippen molar-refractivity contribution in [3.05, 3.63) is 0 Å². The number of nitrogens with one attached hydrogen (secondary N) is 1. The quantitative estimate of drug-likeness (QED) is 0.673. The minimum absolute atomic E-state index is 0.678. The van der Waals surface area contributed by atoms with Gasteiger partial charge in [0.15, 0.2) is 0 Å². The molecular weight excluding hydrogens is 200 g/mol. The molecule has 0 amide bonds. The lowest BCUT2D eigenvalue weighted by molar-refractivity contribution is 0.141. The maximum Gasteiger partial charge on any atom is 0.0593 e. The lowest BCUT2D eigenvalue weighted by Gasteiger charge is -2.19. The van der Waals surface area contributed by atoms with Crippen molar-refractivity contribution >= 4 is 0 Å². The summed E-state index contributed by atoms with van der Waals surface area (Å²) in [5, 5.41) is 3.46. The first-order chi connectivity index (χ1) is 7.83. The second-order valence-electron chi connectivity index (χ2n) is 4.76. The van der Waals surface area contributed by atoms with E-state index in [2.05, 4.69) is 24.1 Å². The second kappa shape index (κ2) is 8.97. The SMILES string of the molecule is CCNC(C)CCCCN1CCCOCC1. The Morgan fingerprint density at radius 2 is 2.12 bits per heavy atom. The van der Waals surface area contributed by atoms with E-state index < -0.39 is 0 Å². The summed E-state index contributed by atoms with van der Waals surface area (Å²) < 4.78 is 5.45. The predicted molar refractivity (Wildman–Crippen MR) is 68.9 cm³/mol. The minimum atomic E-state index is 0.678. The van der Waals surface area contributed by atoms with Crippen molar-refractivity contribution in [3.8, 4) is 0 Å². The first-order valence-corrected chi connectivity index (χ1v) is 6.86. The monoisotopic (exact) mass is 228 g/mol. The summed E-state index contributed by atoms with van der Waals surface area (Å²) in [5.74, 6) is 0. The summed E-state index contributed by atoms with van der Waals surface area (Å²) in [4.78, 5) is 2.55. The largest absolute Gasteiger partial charge is 0.380 e. The molecule has 1 rings (SSSR count). The van der Waals surface area contributed by atoms with E-state index in [4.69, 9.17) is 4.74 Å². The Hall–Kier alpha value is -0.120. The van der Waals surface area contributed by atoms with Crippen LogP contribution in [0.15, 0.2) is 0 Å². The van der Waals surface area contributed by atoms with Crippen LogP contribution in [0.2, 0.25) is 0 Å². The summed E-state index contributed by atoms with van der Waals surface area (Å²) in [5.41, 5.74) is 0. The normalized spacial score (nSPS) is 20.6. The lowest BCUT2D eigenvalue weighted by Crippen LogP contribution is -2.28. The molecule has 0 spiro atoms. The van der Waals surface area contributed by atoms with Gasteiger partial charge >= 0.3 is 0 Å². The van der Waals surface area contributed by atoms with Crippen molar-refractivity contribution in [1.29, 1.82) is 0 Å². The second-order valence-corrected chi connectivity index (χ2v) is 4.76. The Balaban J connectivity index is 1.97. The zero-order chi connectivity index (χ0) is 11.6. The number of hydrogen-bond acceptors (Lipinski definition) is 3. The molecule has 0 aromatic carbocycles. The zero-order valence-electron chi connectivity index (χ0n) is 11.0. The highest BCUT2D eigenvalue weighted by molar-refractivity contribution is 4.63. The molecule has 1 aliphatic rings. The van der Waals surface area contributed by atoms with Crippen LogP contribution < -0.4 is 5.32 Å². The van der Waals surface area contributed by atoms with E-state index in [-0.39, 0.29) is 0 Å². The van der Waals surface area contributed by atoms with Crippen molar-refractivity contribution in [2.24, 2.45) is 0 Å². The molecule has 0 aromatic rings. The number of nitrogens with zero attached hydrogens (tertiary/aromatic N) is 1. The number of rotatable bonds is 7. The molecule has 1 aliphatic heterocycles. The standard InChI is InChI=1S/C13H28N2O/c1-3-14-13(2)7-4-5-8-15-9-6-11-16-12-10-15/h13-14H,3-12H2,1-2H3. The molecule has 1 saturated heterocycles. The van der Waals surface area contributed by atoms with Gasteiger partial charge in [0.05, 0.1) is 6.61 Å². The van der Waals surface area contributed by atoms with Crippen LogP contribution in [0.3, 0.4) is 0 Å². The van der Waals surface area contributed by atoms with Crippen LogP contribution in [0.1, 0.15) is 39.5 Å².